The molecular weight excluding hydrogens is 382 g/mol. The van der Waals surface area contributed by atoms with Crippen LogP contribution in [0.1, 0.15) is 23.6 Å². The normalized spacial score (nSPS) is 20.7. The van der Waals surface area contributed by atoms with E-state index in [-0.39, 0.29) is 12.2 Å². The van der Waals surface area contributed by atoms with Crippen LogP contribution in [0, 0.1) is 13.8 Å². The fourth-order valence-corrected chi connectivity index (χ4v) is 3.25. The molecule has 0 saturated heterocycles. The number of methoxy groups -OCH3 is 1. The number of ether oxygens (including phenoxy) is 1. The fraction of sp³-hybridized carbons (Fsp3) is 0.381. The van der Waals surface area contributed by atoms with Crippen molar-refractivity contribution in [2.75, 3.05) is 20.2 Å². The highest BCUT2D eigenvalue weighted by Crippen LogP contribution is 2.24. The highest BCUT2D eigenvalue weighted by molar-refractivity contribution is 5.94. The summed E-state index contributed by atoms with van der Waals surface area (Å²) in [5.74, 6) is 0.460. The molecule has 2 aliphatic heterocycles. The third-order valence-corrected chi connectivity index (χ3v) is 4.93. The molecule has 3 rings (SSSR count). The van der Waals surface area contributed by atoms with Gasteiger partial charge in [0.05, 0.1) is 12.8 Å². The van der Waals surface area contributed by atoms with Crippen molar-refractivity contribution in [1.82, 2.24) is 21.3 Å². The number of esters is 1. The lowest BCUT2D eigenvalue weighted by atomic mass is 10.00. The van der Waals surface area contributed by atoms with Crippen molar-refractivity contribution in [3.63, 3.8) is 0 Å². The minimum atomic E-state index is -0.453. The van der Waals surface area contributed by atoms with Gasteiger partial charge in [0.2, 0.25) is 0 Å². The van der Waals surface area contributed by atoms with Crippen LogP contribution in [-0.2, 0) is 9.53 Å². The summed E-state index contributed by atoms with van der Waals surface area (Å²) in [6, 6.07) is 6.13. The van der Waals surface area contributed by atoms with Crippen LogP contribution in [0.25, 0.3) is 5.70 Å². The summed E-state index contributed by atoms with van der Waals surface area (Å²) in [6.45, 7) is 7.33. The van der Waals surface area contributed by atoms with Crippen molar-refractivity contribution in [1.29, 1.82) is 0 Å². The lowest BCUT2D eigenvalue weighted by Gasteiger charge is -2.24. The highest BCUT2D eigenvalue weighted by atomic mass is 16.5. The van der Waals surface area contributed by atoms with Gasteiger partial charge in [0, 0.05) is 24.7 Å². The first-order valence-electron chi connectivity index (χ1n) is 9.89. The van der Waals surface area contributed by atoms with Crippen molar-refractivity contribution in [3.05, 3.63) is 52.7 Å². The zero-order valence-corrected chi connectivity index (χ0v) is 17.7. The van der Waals surface area contributed by atoms with Crippen LogP contribution in [0.3, 0.4) is 0 Å². The lowest BCUT2D eigenvalue weighted by Crippen LogP contribution is -2.51. The number of aryl methyl sites for hydroxylation is 1. The number of carbonyl (C=O) groups is 1. The molecule has 0 radical (unpaired) electrons. The monoisotopic (exact) mass is 411 g/mol. The number of guanidine groups is 2. The van der Waals surface area contributed by atoms with Gasteiger partial charge in [-0.2, -0.15) is 0 Å². The number of benzene rings is 1. The van der Waals surface area contributed by atoms with Gasteiger partial charge < -0.3 is 26.4 Å². The van der Waals surface area contributed by atoms with Crippen LogP contribution in [0.5, 0.6) is 0 Å². The predicted molar refractivity (Wildman–Crippen MR) is 119 cm³/mol. The van der Waals surface area contributed by atoms with E-state index in [4.69, 9.17) is 10.5 Å². The average molecular weight is 412 g/mol. The standard InChI is InChI=1S/C21H29N7O2/c1-12-6-5-7-15(14(12)3)16-11-18(28-20(22)26-16)23-8-9-24-21-25-13(2)10-17(27-21)19(29)30-4/h5-7,10-11,13,18,23H,8-9H2,1-4H3,(H3,22,26,28)(H2,24,25,27). The van der Waals surface area contributed by atoms with E-state index < -0.39 is 5.97 Å². The van der Waals surface area contributed by atoms with Crippen LogP contribution in [0.4, 0.5) is 0 Å². The van der Waals surface area contributed by atoms with E-state index in [0.29, 0.717) is 30.7 Å². The van der Waals surface area contributed by atoms with Gasteiger partial charge >= 0.3 is 5.97 Å². The number of nitrogens with two attached hydrogens (primary N) is 1. The molecule has 2 heterocycles. The summed E-state index contributed by atoms with van der Waals surface area (Å²) in [5, 5.41) is 12.9. The van der Waals surface area contributed by atoms with Gasteiger partial charge in [-0.1, -0.05) is 18.2 Å². The zero-order valence-electron chi connectivity index (χ0n) is 17.7. The molecule has 2 aliphatic rings. The Hall–Kier alpha value is -3.33. The molecule has 0 saturated carbocycles. The molecule has 2 atom stereocenters. The number of nitrogens with zero attached hydrogens (tertiary/aromatic N) is 2. The van der Waals surface area contributed by atoms with E-state index in [1.807, 2.05) is 19.1 Å². The Balaban J connectivity index is 1.57. The highest BCUT2D eigenvalue weighted by Gasteiger charge is 2.18. The second-order valence-corrected chi connectivity index (χ2v) is 7.24. The topological polar surface area (TPSA) is 125 Å². The van der Waals surface area contributed by atoms with Gasteiger partial charge in [-0.25, -0.2) is 14.8 Å². The largest absolute Gasteiger partial charge is 0.464 e. The molecule has 2 unspecified atom stereocenters. The molecule has 160 valence electrons. The Morgan fingerprint density at radius 2 is 2.00 bits per heavy atom. The van der Waals surface area contributed by atoms with Crippen molar-refractivity contribution < 1.29 is 9.53 Å². The van der Waals surface area contributed by atoms with E-state index in [2.05, 4.69) is 57.2 Å². The molecular formula is C21H29N7O2. The van der Waals surface area contributed by atoms with E-state index in [1.54, 1.807) is 6.08 Å². The molecule has 30 heavy (non-hydrogen) atoms. The maximum Gasteiger partial charge on any atom is 0.356 e. The molecule has 0 bridgehead atoms. The Morgan fingerprint density at radius 1 is 1.20 bits per heavy atom. The van der Waals surface area contributed by atoms with Gasteiger partial charge in [-0.05, 0) is 44.1 Å². The van der Waals surface area contributed by atoms with Crippen molar-refractivity contribution in [2.24, 2.45) is 15.7 Å². The lowest BCUT2D eigenvalue weighted by molar-refractivity contribution is -0.136. The van der Waals surface area contributed by atoms with E-state index in [0.717, 1.165) is 11.3 Å². The SMILES string of the molecule is COC(=O)C1=CC(C)NC(NCCNC2C=C(c3cccc(C)c3C)N=C(N)N2)=N1. The zero-order chi connectivity index (χ0) is 21.7. The van der Waals surface area contributed by atoms with Crippen LogP contribution in [-0.4, -0.2) is 50.3 Å². The molecule has 0 aromatic heterocycles. The molecule has 1 aromatic carbocycles. The van der Waals surface area contributed by atoms with Crippen molar-refractivity contribution in [3.8, 4) is 0 Å². The van der Waals surface area contributed by atoms with Crippen LogP contribution < -0.4 is 27.0 Å². The summed E-state index contributed by atoms with van der Waals surface area (Å²) in [6.07, 6.45) is 3.60. The fourth-order valence-electron chi connectivity index (χ4n) is 3.25. The van der Waals surface area contributed by atoms with E-state index in [9.17, 15) is 4.79 Å². The Kier molecular flexibility index (Phi) is 6.73. The Morgan fingerprint density at radius 3 is 2.77 bits per heavy atom. The molecule has 9 nitrogen and oxygen atoms in total. The van der Waals surface area contributed by atoms with Gasteiger partial charge in [0.15, 0.2) is 11.9 Å². The molecule has 0 spiro atoms. The summed E-state index contributed by atoms with van der Waals surface area (Å²) in [7, 11) is 1.34. The minimum absolute atomic E-state index is 0.0221. The molecule has 0 amide bonds. The molecule has 0 aliphatic carbocycles. The van der Waals surface area contributed by atoms with Gasteiger partial charge in [-0.15, -0.1) is 0 Å². The quantitative estimate of drug-likeness (QED) is 0.340. The molecule has 6 N–H and O–H groups in total. The molecule has 0 fully saturated rings. The van der Waals surface area contributed by atoms with Crippen LogP contribution in [0.2, 0.25) is 0 Å². The summed E-state index contributed by atoms with van der Waals surface area (Å²) < 4.78 is 4.74. The number of nitrogens with one attached hydrogen (secondary N) is 4. The predicted octanol–water partition coefficient (Wildman–Crippen LogP) is 0.472. The second-order valence-electron chi connectivity index (χ2n) is 7.24. The third-order valence-electron chi connectivity index (χ3n) is 4.93. The van der Waals surface area contributed by atoms with Crippen LogP contribution in [0.15, 0.2) is 46.0 Å². The van der Waals surface area contributed by atoms with Gasteiger partial charge in [0.25, 0.3) is 0 Å². The maximum absolute atomic E-state index is 11.7. The first-order chi connectivity index (χ1) is 14.4. The second kappa shape index (κ2) is 9.45. The third kappa shape index (κ3) is 5.18. The molecule has 1 aromatic rings. The van der Waals surface area contributed by atoms with Crippen molar-refractivity contribution >= 4 is 23.6 Å². The van der Waals surface area contributed by atoms with E-state index in [1.165, 1.54) is 18.2 Å². The summed E-state index contributed by atoms with van der Waals surface area (Å²) >= 11 is 0. The maximum atomic E-state index is 11.7. The summed E-state index contributed by atoms with van der Waals surface area (Å²) in [4.78, 5) is 20.4. The number of aliphatic imine (C=N–C) groups is 2. The first kappa shape index (κ1) is 21.4. The Bertz CT molecular complexity index is 933. The number of hydrogen-bond donors (Lipinski definition) is 5. The summed E-state index contributed by atoms with van der Waals surface area (Å²) in [5.41, 5.74) is 10.6. The van der Waals surface area contributed by atoms with Gasteiger partial charge in [0.1, 0.15) is 11.9 Å². The average Bonchev–Trinajstić information content (AvgIpc) is 2.72. The van der Waals surface area contributed by atoms with E-state index >= 15 is 0 Å². The minimum Gasteiger partial charge on any atom is -0.464 e. The smallest absolute Gasteiger partial charge is 0.356 e. The number of carbonyl (C=O) groups excluding carboxylic acids is 1. The van der Waals surface area contributed by atoms with Crippen LogP contribution >= 0.6 is 0 Å². The van der Waals surface area contributed by atoms with Crippen molar-refractivity contribution in [2.45, 2.75) is 33.0 Å². The Labute approximate surface area is 176 Å². The first-order valence-corrected chi connectivity index (χ1v) is 9.89. The number of rotatable bonds is 6. The molecule has 9 heteroatoms. The number of hydrogen-bond acceptors (Lipinski definition) is 9. The van der Waals surface area contributed by atoms with Gasteiger partial charge in [-0.3, -0.25) is 5.32 Å².